The fourth-order valence-corrected chi connectivity index (χ4v) is 2.50. The quantitative estimate of drug-likeness (QED) is 0.445. The largest absolute Gasteiger partial charge is 0.376 e. The summed E-state index contributed by atoms with van der Waals surface area (Å²) in [5.74, 6) is -1.50. The molecule has 2 aromatic rings. The van der Waals surface area contributed by atoms with Crippen molar-refractivity contribution in [1.82, 2.24) is 15.7 Å². The normalized spacial score (nSPS) is 17.7. The Bertz CT molecular complexity index is 732. The summed E-state index contributed by atoms with van der Waals surface area (Å²) in [5, 5.41) is 7.36. The first-order valence-corrected chi connectivity index (χ1v) is 7.53. The maximum atomic E-state index is 11.7. The average molecular weight is 314 g/mol. The number of hydrogen-bond acceptors (Lipinski definition) is 4. The van der Waals surface area contributed by atoms with E-state index in [1.807, 2.05) is 24.3 Å². The molecule has 1 aliphatic heterocycles. The summed E-state index contributed by atoms with van der Waals surface area (Å²) in [6, 6.07) is 7.75. The Labute approximate surface area is 133 Å². The van der Waals surface area contributed by atoms with Crippen molar-refractivity contribution in [2.24, 2.45) is 5.10 Å². The van der Waals surface area contributed by atoms with E-state index < -0.39 is 11.8 Å². The standard InChI is InChI=1S/C16H18N4O3/c21-15(18-10-12-4-3-7-23-12)16(22)20-19-9-11-8-17-14-6-2-1-5-13(11)14/h1-2,5-6,8-9,12,17H,3-4,7,10H2,(H,18,21)(H,20,22)/b19-9-/t12-/m0/s1. The number of benzene rings is 1. The Morgan fingerprint density at radius 2 is 2.22 bits per heavy atom. The van der Waals surface area contributed by atoms with E-state index in [2.05, 4.69) is 20.8 Å². The second-order valence-corrected chi connectivity index (χ2v) is 5.33. The molecule has 0 spiro atoms. The minimum absolute atomic E-state index is 0.00136. The molecule has 7 nitrogen and oxygen atoms in total. The summed E-state index contributed by atoms with van der Waals surface area (Å²) in [5.41, 5.74) is 4.04. The van der Waals surface area contributed by atoms with E-state index in [1.54, 1.807) is 6.20 Å². The SMILES string of the molecule is O=C(NC[C@@H]1CCCO1)C(=O)N/N=C\c1c[nH]c2ccccc12. The Kier molecular flexibility index (Phi) is 4.68. The smallest absolute Gasteiger partial charge is 0.329 e. The maximum Gasteiger partial charge on any atom is 0.329 e. The maximum absolute atomic E-state index is 11.7. The van der Waals surface area contributed by atoms with Gasteiger partial charge in [-0.25, -0.2) is 5.43 Å². The highest BCUT2D eigenvalue weighted by atomic mass is 16.5. The van der Waals surface area contributed by atoms with Gasteiger partial charge in [0.15, 0.2) is 0 Å². The molecule has 2 amide bonds. The number of aromatic amines is 1. The van der Waals surface area contributed by atoms with Crippen LogP contribution in [0.3, 0.4) is 0 Å². The van der Waals surface area contributed by atoms with E-state index >= 15 is 0 Å². The molecule has 3 rings (SSSR count). The van der Waals surface area contributed by atoms with Gasteiger partial charge >= 0.3 is 11.8 Å². The van der Waals surface area contributed by atoms with Gasteiger partial charge in [0.05, 0.1) is 12.3 Å². The molecular weight excluding hydrogens is 296 g/mol. The third kappa shape index (κ3) is 3.75. The van der Waals surface area contributed by atoms with Crippen molar-refractivity contribution in [1.29, 1.82) is 0 Å². The van der Waals surface area contributed by atoms with Crippen LogP contribution in [0.15, 0.2) is 35.6 Å². The Hall–Kier alpha value is -2.67. The lowest BCUT2D eigenvalue weighted by Gasteiger charge is -2.09. The van der Waals surface area contributed by atoms with Gasteiger partial charge < -0.3 is 15.0 Å². The molecule has 1 fully saturated rings. The van der Waals surface area contributed by atoms with Crippen LogP contribution in [-0.2, 0) is 14.3 Å². The number of hydrazone groups is 1. The van der Waals surface area contributed by atoms with Crippen LogP contribution in [0.2, 0.25) is 0 Å². The predicted octanol–water partition coefficient (Wildman–Crippen LogP) is 0.913. The Morgan fingerprint density at radius 1 is 1.35 bits per heavy atom. The van der Waals surface area contributed by atoms with Gasteiger partial charge in [0.25, 0.3) is 0 Å². The molecule has 3 N–H and O–H groups in total. The lowest BCUT2D eigenvalue weighted by atomic mass is 10.2. The summed E-state index contributed by atoms with van der Waals surface area (Å²) < 4.78 is 5.37. The van der Waals surface area contributed by atoms with E-state index in [4.69, 9.17) is 4.74 Å². The molecule has 23 heavy (non-hydrogen) atoms. The zero-order valence-corrected chi connectivity index (χ0v) is 12.5. The molecule has 2 heterocycles. The molecule has 0 saturated carbocycles. The van der Waals surface area contributed by atoms with Crippen LogP contribution in [-0.4, -0.2) is 42.3 Å². The number of nitrogens with zero attached hydrogens (tertiary/aromatic N) is 1. The molecule has 0 radical (unpaired) electrons. The van der Waals surface area contributed by atoms with E-state index in [9.17, 15) is 9.59 Å². The molecule has 1 atom stereocenters. The molecule has 1 saturated heterocycles. The topological polar surface area (TPSA) is 95.6 Å². The number of rotatable bonds is 4. The first kappa shape index (κ1) is 15.2. The molecule has 0 aliphatic carbocycles. The predicted molar refractivity (Wildman–Crippen MR) is 86.0 cm³/mol. The van der Waals surface area contributed by atoms with Crippen LogP contribution in [0.1, 0.15) is 18.4 Å². The van der Waals surface area contributed by atoms with Gasteiger partial charge in [0, 0.05) is 35.8 Å². The van der Waals surface area contributed by atoms with Crippen molar-refractivity contribution < 1.29 is 14.3 Å². The fraction of sp³-hybridized carbons (Fsp3) is 0.312. The van der Waals surface area contributed by atoms with Gasteiger partial charge in [-0.1, -0.05) is 18.2 Å². The number of fused-ring (bicyclic) bond motifs is 1. The number of carbonyl (C=O) groups excluding carboxylic acids is 2. The summed E-state index contributed by atoms with van der Waals surface area (Å²) in [4.78, 5) is 26.4. The highest BCUT2D eigenvalue weighted by molar-refractivity contribution is 6.35. The van der Waals surface area contributed by atoms with Gasteiger partial charge in [-0.05, 0) is 18.9 Å². The van der Waals surface area contributed by atoms with Crippen molar-refractivity contribution >= 4 is 28.9 Å². The molecule has 1 aliphatic rings. The molecule has 1 aromatic heterocycles. The van der Waals surface area contributed by atoms with Crippen LogP contribution < -0.4 is 10.7 Å². The van der Waals surface area contributed by atoms with Gasteiger partial charge in [0.2, 0.25) is 0 Å². The van der Waals surface area contributed by atoms with Crippen molar-refractivity contribution in [2.75, 3.05) is 13.2 Å². The minimum atomic E-state index is -0.793. The lowest BCUT2D eigenvalue weighted by Crippen LogP contribution is -2.41. The first-order valence-electron chi connectivity index (χ1n) is 7.53. The number of H-pyrrole nitrogens is 1. The highest BCUT2D eigenvalue weighted by Crippen LogP contribution is 2.15. The van der Waals surface area contributed by atoms with Gasteiger partial charge in [0.1, 0.15) is 0 Å². The second kappa shape index (κ2) is 7.06. The minimum Gasteiger partial charge on any atom is -0.376 e. The van der Waals surface area contributed by atoms with Crippen LogP contribution in [0.4, 0.5) is 0 Å². The van der Waals surface area contributed by atoms with E-state index in [-0.39, 0.29) is 6.10 Å². The van der Waals surface area contributed by atoms with E-state index in [0.29, 0.717) is 13.2 Å². The third-order valence-electron chi connectivity index (χ3n) is 3.71. The lowest BCUT2D eigenvalue weighted by molar-refractivity contribution is -0.139. The zero-order chi connectivity index (χ0) is 16.1. The summed E-state index contributed by atoms with van der Waals surface area (Å²) in [7, 11) is 0. The molecule has 1 aromatic carbocycles. The molecule has 0 unspecified atom stereocenters. The summed E-state index contributed by atoms with van der Waals surface area (Å²) >= 11 is 0. The second-order valence-electron chi connectivity index (χ2n) is 5.33. The van der Waals surface area contributed by atoms with Gasteiger partial charge in [-0.15, -0.1) is 0 Å². The average Bonchev–Trinajstić information content (AvgIpc) is 3.22. The number of para-hydroxylation sites is 1. The molecule has 0 bridgehead atoms. The summed E-state index contributed by atoms with van der Waals surface area (Å²) in [6.07, 6.45) is 5.19. The Balaban J connectivity index is 1.50. The highest BCUT2D eigenvalue weighted by Gasteiger charge is 2.18. The fourth-order valence-electron chi connectivity index (χ4n) is 2.50. The van der Waals surface area contributed by atoms with Crippen LogP contribution in [0.5, 0.6) is 0 Å². The van der Waals surface area contributed by atoms with Crippen LogP contribution >= 0.6 is 0 Å². The first-order chi connectivity index (χ1) is 11.2. The number of carbonyl (C=O) groups is 2. The van der Waals surface area contributed by atoms with Crippen molar-refractivity contribution in [3.8, 4) is 0 Å². The van der Waals surface area contributed by atoms with Crippen LogP contribution in [0.25, 0.3) is 10.9 Å². The van der Waals surface area contributed by atoms with E-state index in [0.717, 1.165) is 29.3 Å². The number of hydrogen-bond donors (Lipinski definition) is 3. The third-order valence-corrected chi connectivity index (χ3v) is 3.71. The molecule has 120 valence electrons. The number of nitrogens with one attached hydrogen (secondary N) is 3. The van der Waals surface area contributed by atoms with Crippen molar-refractivity contribution in [2.45, 2.75) is 18.9 Å². The number of amides is 2. The van der Waals surface area contributed by atoms with Crippen molar-refractivity contribution in [3.63, 3.8) is 0 Å². The number of aromatic nitrogens is 1. The molecular formula is C16H18N4O3. The van der Waals surface area contributed by atoms with Gasteiger partial charge in [-0.3, -0.25) is 9.59 Å². The van der Waals surface area contributed by atoms with Crippen molar-refractivity contribution in [3.05, 3.63) is 36.0 Å². The molecule has 7 heteroatoms. The number of ether oxygens (including phenoxy) is 1. The Morgan fingerprint density at radius 3 is 3.04 bits per heavy atom. The van der Waals surface area contributed by atoms with Crippen LogP contribution in [0, 0.1) is 0 Å². The zero-order valence-electron chi connectivity index (χ0n) is 12.5. The van der Waals surface area contributed by atoms with Gasteiger partial charge in [-0.2, -0.15) is 5.10 Å². The summed E-state index contributed by atoms with van der Waals surface area (Å²) in [6.45, 7) is 1.06. The van der Waals surface area contributed by atoms with E-state index in [1.165, 1.54) is 6.21 Å². The monoisotopic (exact) mass is 314 g/mol.